The Balaban J connectivity index is 1.91. The lowest BCUT2D eigenvalue weighted by Gasteiger charge is -2.41. The van der Waals surface area contributed by atoms with Gasteiger partial charge in [0.05, 0.1) is 24.2 Å². The summed E-state index contributed by atoms with van der Waals surface area (Å²) < 4.78 is 5.56. The summed E-state index contributed by atoms with van der Waals surface area (Å²) in [4.78, 5) is 25.3. The van der Waals surface area contributed by atoms with Crippen LogP contribution in [-0.4, -0.2) is 53.8 Å². The fourth-order valence-electron chi connectivity index (χ4n) is 2.85. The normalized spacial score (nSPS) is 28.6. The molecular weight excluding hydrogens is 260 g/mol. The molecule has 2 atom stereocenters. The predicted molar refractivity (Wildman–Crippen MR) is 73.5 cm³/mol. The smallest absolute Gasteiger partial charge is 0.317 e. The molecule has 2 fully saturated rings. The molecule has 0 radical (unpaired) electrons. The van der Waals surface area contributed by atoms with Gasteiger partial charge in [0.15, 0.2) is 0 Å². The highest BCUT2D eigenvalue weighted by Gasteiger charge is 2.45. The van der Waals surface area contributed by atoms with Gasteiger partial charge in [0.25, 0.3) is 0 Å². The SMILES string of the molecule is CCC1COC(C)CN1C(=O)NCC1(C(=O)O)CCC1. The third kappa shape index (κ3) is 2.90. The van der Waals surface area contributed by atoms with Crippen LogP contribution < -0.4 is 5.32 Å². The summed E-state index contributed by atoms with van der Waals surface area (Å²) >= 11 is 0. The largest absolute Gasteiger partial charge is 0.481 e. The molecular formula is C14H24N2O4. The van der Waals surface area contributed by atoms with Crippen LogP contribution in [0.5, 0.6) is 0 Å². The molecule has 2 amide bonds. The van der Waals surface area contributed by atoms with Gasteiger partial charge >= 0.3 is 12.0 Å². The van der Waals surface area contributed by atoms with E-state index in [4.69, 9.17) is 4.74 Å². The number of carbonyl (C=O) groups excluding carboxylic acids is 1. The standard InChI is InChI=1S/C14H24N2O4/c1-3-11-8-20-10(2)7-16(11)13(19)15-9-14(12(17)18)5-4-6-14/h10-11H,3-9H2,1-2H3,(H,15,19)(H,17,18). The predicted octanol–water partition coefficient (Wildman–Crippen LogP) is 1.45. The molecule has 0 aromatic heterocycles. The lowest BCUT2D eigenvalue weighted by Crippen LogP contribution is -2.57. The van der Waals surface area contributed by atoms with Crippen molar-refractivity contribution in [1.82, 2.24) is 10.2 Å². The molecule has 0 aromatic carbocycles. The number of carboxylic acids is 1. The highest BCUT2D eigenvalue weighted by Crippen LogP contribution is 2.40. The number of rotatable bonds is 4. The second-order valence-corrected chi connectivity index (χ2v) is 5.96. The van der Waals surface area contributed by atoms with Crippen LogP contribution in [-0.2, 0) is 9.53 Å². The highest BCUT2D eigenvalue weighted by atomic mass is 16.5. The Hall–Kier alpha value is -1.30. The van der Waals surface area contributed by atoms with E-state index in [2.05, 4.69) is 5.32 Å². The zero-order valence-corrected chi connectivity index (χ0v) is 12.2. The average Bonchev–Trinajstić information content (AvgIpc) is 2.36. The molecule has 0 bridgehead atoms. The van der Waals surface area contributed by atoms with E-state index in [9.17, 15) is 14.7 Å². The molecule has 1 aliphatic heterocycles. The van der Waals surface area contributed by atoms with Crippen LogP contribution in [0.2, 0.25) is 0 Å². The van der Waals surface area contributed by atoms with E-state index < -0.39 is 11.4 Å². The molecule has 1 saturated carbocycles. The number of ether oxygens (including phenoxy) is 1. The van der Waals surface area contributed by atoms with Gasteiger partial charge in [0.2, 0.25) is 0 Å². The molecule has 6 heteroatoms. The van der Waals surface area contributed by atoms with Crippen LogP contribution in [0.1, 0.15) is 39.5 Å². The number of hydrogen-bond acceptors (Lipinski definition) is 3. The second kappa shape index (κ2) is 5.99. The van der Waals surface area contributed by atoms with Crippen LogP contribution in [0.3, 0.4) is 0 Å². The van der Waals surface area contributed by atoms with Crippen LogP contribution in [0.25, 0.3) is 0 Å². The van der Waals surface area contributed by atoms with Gasteiger partial charge in [-0.2, -0.15) is 0 Å². The number of amides is 2. The lowest BCUT2D eigenvalue weighted by molar-refractivity contribution is -0.153. The molecule has 114 valence electrons. The molecule has 1 heterocycles. The first-order valence-corrected chi connectivity index (χ1v) is 7.38. The van der Waals surface area contributed by atoms with Gasteiger partial charge in [-0.3, -0.25) is 4.79 Å². The van der Waals surface area contributed by atoms with Crippen molar-refractivity contribution in [3.8, 4) is 0 Å². The average molecular weight is 284 g/mol. The van der Waals surface area contributed by atoms with Gasteiger partial charge < -0.3 is 20.1 Å². The third-order valence-electron chi connectivity index (χ3n) is 4.54. The topological polar surface area (TPSA) is 78.9 Å². The molecule has 1 saturated heterocycles. The minimum Gasteiger partial charge on any atom is -0.481 e. The first kappa shape index (κ1) is 15.1. The van der Waals surface area contributed by atoms with Gasteiger partial charge in [-0.25, -0.2) is 4.79 Å². The summed E-state index contributed by atoms with van der Waals surface area (Å²) in [6.45, 7) is 5.30. The fourth-order valence-corrected chi connectivity index (χ4v) is 2.85. The molecule has 0 spiro atoms. The van der Waals surface area contributed by atoms with Crippen molar-refractivity contribution >= 4 is 12.0 Å². The Labute approximate surface area is 119 Å². The number of carbonyl (C=O) groups is 2. The van der Waals surface area contributed by atoms with Crippen LogP contribution in [0.15, 0.2) is 0 Å². The Bertz CT molecular complexity index is 381. The van der Waals surface area contributed by atoms with Gasteiger partial charge in [-0.05, 0) is 26.2 Å². The van der Waals surface area contributed by atoms with Gasteiger partial charge in [0, 0.05) is 13.1 Å². The number of morpholine rings is 1. The molecule has 0 aromatic rings. The number of carboxylic acid groups (broad SMARTS) is 1. The van der Waals surface area contributed by atoms with Crippen molar-refractivity contribution in [2.24, 2.45) is 5.41 Å². The molecule has 6 nitrogen and oxygen atoms in total. The maximum Gasteiger partial charge on any atom is 0.317 e. The Morgan fingerprint density at radius 2 is 2.15 bits per heavy atom. The summed E-state index contributed by atoms with van der Waals surface area (Å²) in [5.74, 6) is -0.800. The second-order valence-electron chi connectivity index (χ2n) is 5.96. The third-order valence-corrected chi connectivity index (χ3v) is 4.54. The van der Waals surface area contributed by atoms with Crippen molar-refractivity contribution in [2.45, 2.75) is 51.7 Å². The van der Waals surface area contributed by atoms with E-state index in [-0.39, 0.29) is 24.7 Å². The van der Waals surface area contributed by atoms with E-state index in [0.717, 1.165) is 12.8 Å². The van der Waals surface area contributed by atoms with Crippen molar-refractivity contribution in [3.63, 3.8) is 0 Å². The zero-order chi connectivity index (χ0) is 14.8. The summed E-state index contributed by atoms with van der Waals surface area (Å²) in [6, 6.07) is -0.0899. The summed E-state index contributed by atoms with van der Waals surface area (Å²) in [6.07, 6.45) is 3.10. The summed E-state index contributed by atoms with van der Waals surface area (Å²) in [7, 11) is 0. The number of nitrogens with zero attached hydrogens (tertiary/aromatic N) is 1. The number of hydrogen-bond donors (Lipinski definition) is 2. The monoisotopic (exact) mass is 284 g/mol. The first-order chi connectivity index (χ1) is 9.48. The molecule has 20 heavy (non-hydrogen) atoms. The van der Waals surface area contributed by atoms with Crippen molar-refractivity contribution < 1.29 is 19.4 Å². The maximum atomic E-state index is 12.3. The number of nitrogens with one attached hydrogen (secondary N) is 1. The molecule has 2 rings (SSSR count). The van der Waals surface area contributed by atoms with E-state index in [1.54, 1.807) is 4.90 Å². The molecule has 2 unspecified atom stereocenters. The van der Waals surface area contributed by atoms with Gasteiger partial charge in [-0.1, -0.05) is 13.3 Å². The summed E-state index contributed by atoms with van der Waals surface area (Å²) in [5, 5.41) is 12.1. The van der Waals surface area contributed by atoms with Crippen molar-refractivity contribution in [3.05, 3.63) is 0 Å². The van der Waals surface area contributed by atoms with E-state index in [1.165, 1.54) is 0 Å². The van der Waals surface area contributed by atoms with Crippen molar-refractivity contribution in [2.75, 3.05) is 19.7 Å². The first-order valence-electron chi connectivity index (χ1n) is 7.38. The zero-order valence-electron chi connectivity index (χ0n) is 12.2. The maximum absolute atomic E-state index is 12.3. The van der Waals surface area contributed by atoms with Crippen molar-refractivity contribution in [1.29, 1.82) is 0 Å². The fraction of sp³-hybridized carbons (Fsp3) is 0.857. The number of urea groups is 1. The molecule has 2 aliphatic rings. The number of aliphatic carboxylic acids is 1. The van der Waals surface area contributed by atoms with E-state index in [1.807, 2.05) is 13.8 Å². The molecule has 2 N–H and O–H groups in total. The molecule has 1 aliphatic carbocycles. The Morgan fingerprint density at radius 1 is 1.45 bits per heavy atom. The van der Waals surface area contributed by atoms with Crippen LogP contribution >= 0.6 is 0 Å². The highest BCUT2D eigenvalue weighted by molar-refractivity contribution is 5.79. The van der Waals surface area contributed by atoms with Gasteiger partial charge in [-0.15, -0.1) is 0 Å². The lowest BCUT2D eigenvalue weighted by atomic mass is 9.69. The Kier molecular flexibility index (Phi) is 4.52. The quantitative estimate of drug-likeness (QED) is 0.819. The summed E-state index contributed by atoms with van der Waals surface area (Å²) in [5.41, 5.74) is -0.741. The van der Waals surface area contributed by atoms with Gasteiger partial charge in [0.1, 0.15) is 0 Å². The minimum atomic E-state index is -0.800. The van der Waals surface area contributed by atoms with E-state index in [0.29, 0.717) is 26.0 Å². The van der Waals surface area contributed by atoms with E-state index >= 15 is 0 Å². The van der Waals surface area contributed by atoms with Crippen LogP contribution in [0.4, 0.5) is 4.79 Å². The van der Waals surface area contributed by atoms with Crippen LogP contribution in [0, 0.1) is 5.41 Å². The minimum absolute atomic E-state index is 0.0284. The Morgan fingerprint density at radius 3 is 2.65 bits per heavy atom.